The van der Waals surface area contributed by atoms with E-state index in [4.69, 9.17) is 10.5 Å². The smallest absolute Gasteiger partial charge is 0.119 e. The van der Waals surface area contributed by atoms with Crippen LogP contribution in [0.3, 0.4) is 0 Å². The quantitative estimate of drug-likeness (QED) is 0.496. The first kappa shape index (κ1) is 20.6. The van der Waals surface area contributed by atoms with Gasteiger partial charge in [0.1, 0.15) is 12.4 Å². The highest BCUT2D eigenvalue weighted by atomic mass is 16.5. The molecule has 31 heavy (non-hydrogen) atoms. The lowest BCUT2D eigenvalue weighted by Crippen LogP contribution is -2.02. The number of nitrogens with two attached hydrogens (primary N) is 1. The molecule has 0 aliphatic carbocycles. The number of aliphatic imine (C=N–C) groups is 1. The van der Waals surface area contributed by atoms with Gasteiger partial charge in [-0.2, -0.15) is 0 Å². The highest BCUT2D eigenvalue weighted by Crippen LogP contribution is 2.28. The zero-order chi connectivity index (χ0) is 21.5. The molecular weight excluding hydrogens is 382 g/mol. The summed E-state index contributed by atoms with van der Waals surface area (Å²) in [6.45, 7) is 3.27. The summed E-state index contributed by atoms with van der Waals surface area (Å²) in [5.74, 6) is 0.863. The summed E-state index contributed by atoms with van der Waals surface area (Å²) in [5.41, 5.74) is 13.6. The monoisotopic (exact) mass is 409 g/mol. The molecule has 0 radical (unpaired) electrons. The molecular formula is C27H27N3O. The number of aromatic amines is 1. The van der Waals surface area contributed by atoms with Crippen LogP contribution in [0.25, 0.3) is 17.7 Å². The maximum atomic E-state index is 5.86. The molecule has 0 fully saturated rings. The lowest BCUT2D eigenvalue weighted by Gasteiger charge is -2.08. The molecule has 0 saturated carbocycles. The SMILES string of the molecule is Cc1cc(/C=C/c2ccc(OCc3ccccc3)cc2)[nH]c1C(CCN)=C1C=CC=N1. The number of nitrogens with zero attached hydrogens (tertiary/aromatic N) is 1. The maximum absolute atomic E-state index is 5.86. The van der Waals surface area contributed by atoms with Gasteiger partial charge in [-0.15, -0.1) is 0 Å². The lowest BCUT2D eigenvalue weighted by molar-refractivity contribution is 0.306. The zero-order valence-corrected chi connectivity index (χ0v) is 17.7. The van der Waals surface area contributed by atoms with E-state index >= 15 is 0 Å². The van der Waals surface area contributed by atoms with Crippen LogP contribution in [0.4, 0.5) is 0 Å². The molecule has 2 heterocycles. The van der Waals surface area contributed by atoms with Crippen molar-refractivity contribution in [2.45, 2.75) is 20.0 Å². The second kappa shape index (κ2) is 9.92. The molecule has 1 aliphatic rings. The molecule has 3 aromatic rings. The number of hydrogen-bond acceptors (Lipinski definition) is 3. The van der Waals surface area contributed by atoms with E-state index in [-0.39, 0.29) is 0 Å². The van der Waals surface area contributed by atoms with Crippen LogP contribution in [0, 0.1) is 6.92 Å². The molecule has 4 rings (SSSR count). The highest BCUT2D eigenvalue weighted by molar-refractivity contribution is 5.83. The number of rotatable bonds is 8. The Kier molecular flexibility index (Phi) is 6.60. The molecule has 0 bridgehead atoms. The van der Waals surface area contributed by atoms with Crippen LogP contribution in [-0.2, 0) is 6.61 Å². The largest absolute Gasteiger partial charge is 0.489 e. The number of benzene rings is 2. The van der Waals surface area contributed by atoms with Crippen molar-refractivity contribution in [2.75, 3.05) is 6.54 Å². The van der Waals surface area contributed by atoms with Gasteiger partial charge in [0.2, 0.25) is 0 Å². The number of H-pyrrole nitrogens is 1. The van der Waals surface area contributed by atoms with Crippen molar-refractivity contribution in [3.05, 3.63) is 107 Å². The summed E-state index contributed by atoms with van der Waals surface area (Å²) in [5, 5.41) is 0. The Hall–Kier alpha value is -3.63. The van der Waals surface area contributed by atoms with E-state index < -0.39 is 0 Å². The van der Waals surface area contributed by atoms with Crippen LogP contribution < -0.4 is 10.5 Å². The van der Waals surface area contributed by atoms with Crippen molar-refractivity contribution in [2.24, 2.45) is 10.7 Å². The number of hydrogen-bond donors (Lipinski definition) is 2. The van der Waals surface area contributed by atoms with Crippen molar-refractivity contribution in [1.82, 2.24) is 4.98 Å². The fourth-order valence-corrected chi connectivity index (χ4v) is 3.59. The first-order chi connectivity index (χ1) is 15.2. The van der Waals surface area contributed by atoms with E-state index in [9.17, 15) is 0 Å². The molecule has 0 amide bonds. The normalized spacial score (nSPS) is 14.5. The summed E-state index contributed by atoms with van der Waals surface area (Å²) in [7, 11) is 0. The summed E-state index contributed by atoms with van der Waals surface area (Å²) in [6.07, 6.45) is 10.8. The topological polar surface area (TPSA) is 63.4 Å². The molecule has 1 aromatic heterocycles. The summed E-state index contributed by atoms with van der Waals surface area (Å²) >= 11 is 0. The average molecular weight is 410 g/mol. The molecule has 0 atom stereocenters. The second-order valence-electron chi connectivity index (χ2n) is 7.50. The third-order valence-electron chi connectivity index (χ3n) is 5.18. The predicted octanol–water partition coefficient (Wildman–Crippen LogP) is 5.77. The summed E-state index contributed by atoms with van der Waals surface area (Å²) in [4.78, 5) is 7.99. The average Bonchev–Trinajstić information content (AvgIpc) is 3.46. The molecule has 0 saturated heterocycles. The van der Waals surface area contributed by atoms with Crippen molar-refractivity contribution < 1.29 is 4.74 Å². The number of allylic oxidation sites excluding steroid dienone is 2. The molecule has 2 aromatic carbocycles. The summed E-state index contributed by atoms with van der Waals surface area (Å²) in [6, 6.07) is 20.5. The van der Waals surface area contributed by atoms with E-state index in [0.29, 0.717) is 13.2 Å². The third kappa shape index (κ3) is 5.30. The molecule has 0 unspecified atom stereocenters. The third-order valence-corrected chi connectivity index (χ3v) is 5.18. The Morgan fingerprint density at radius 2 is 1.87 bits per heavy atom. The number of ether oxygens (including phenoxy) is 1. The summed E-state index contributed by atoms with van der Waals surface area (Å²) < 4.78 is 5.86. The first-order valence-corrected chi connectivity index (χ1v) is 10.5. The van der Waals surface area contributed by atoms with Gasteiger partial charge in [0, 0.05) is 23.2 Å². The Balaban J connectivity index is 1.44. The molecule has 156 valence electrons. The first-order valence-electron chi connectivity index (χ1n) is 10.5. The van der Waals surface area contributed by atoms with Crippen LogP contribution in [0.2, 0.25) is 0 Å². The van der Waals surface area contributed by atoms with Gasteiger partial charge < -0.3 is 15.5 Å². The molecule has 0 spiro atoms. The number of nitrogens with one attached hydrogen (secondary N) is 1. The van der Waals surface area contributed by atoms with Crippen LogP contribution in [0.1, 0.15) is 34.5 Å². The number of aromatic nitrogens is 1. The standard InChI is InChI=1S/C27H27N3O/c1-20-18-23(30-27(20)25(15-16-28)26-8-5-17-29-26)12-9-21-10-13-24(14-11-21)31-19-22-6-3-2-4-7-22/h2-14,17-18,30H,15-16,19,28H2,1H3/b12-9+,26-25?. The van der Waals surface area contributed by atoms with Crippen LogP contribution in [-0.4, -0.2) is 17.7 Å². The van der Waals surface area contributed by atoms with Crippen molar-refractivity contribution in [1.29, 1.82) is 0 Å². The van der Waals surface area contributed by atoms with E-state index in [1.165, 1.54) is 5.56 Å². The minimum Gasteiger partial charge on any atom is -0.489 e. The minimum atomic E-state index is 0.570. The van der Waals surface area contributed by atoms with Gasteiger partial charge in [0.25, 0.3) is 0 Å². The van der Waals surface area contributed by atoms with Crippen LogP contribution in [0.15, 0.2) is 83.5 Å². The number of aryl methyl sites for hydroxylation is 1. The van der Waals surface area contributed by atoms with Gasteiger partial charge in [0.15, 0.2) is 0 Å². The van der Waals surface area contributed by atoms with E-state index in [1.54, 1.807) is 0 Å². The van der Waals surface area contributed by atoms with Gasteiger partial charge in [-0.05, 0) is 73.0 Å². The minimum absolute atomic E-state index is 0.570. The van der Waals surface area contributed by atoms with Crippen molar-refractivity contribution in [3.63, 3.8) is 0 Å². The molecule has 4 heteroatoms. The Morgan fingerprint density at radius 3 is 2.58 bits per heavy atom. The fraction of sp³-hybridized carbons (Fsp3) is 0.148. The van der Waals surface area contributed by atoms with Gasteiger partial charge in [-0.25, -0.2) is 0 Å². The van der Waals surface area contributed by atoms with Crippen molar-refractivity contribution in [3.8, 4) is 5.75 Å². The predicted molar refractivity (Wildman–Crippen MR) is 130 cm³/mol. The Morgan fingerprint density at radius 1 is 1.06 bits per heavy atom. The molecule has 1 aliphatic heterocycles. The maximum Gasteiger partial charge on any atom is 0.119 e. The van der Waals surface area contributed by atoms with E-state index in [2.05, 4.69) is 59.4 Å². The van der Waals surface area contributed by atoms with E-state index in [1.807, 2.05) is 48.7 Å². The fourth-order valence-electron chi connectivity index (χ4n) is 3.59. The Bertz CT molecular complexity index is 1120. The van der Waals surface area contributed by atoms with E-state index in [0.717, 1.165) is 46.0 Å². The van der Waals surface area contributed by atoms with Crippen LogP contribution in [0.5, 0.6) is 5.75 Å². The highest BCUT2D eigenvalue weighted by Gasteiger charge is 2.13. The molecule has 4 nitrogen and oxygen atoms in total. The lowest BCUT2D eigenvalue weighted by atomic mass is 10.0. The second-order valence-corrected chi connectivity index (χ2v) is 7.50. The van der Waals surface area contributed by atoms with Crippen molar-refractivity contribution >= 4 is 23.9 Å². The van der Waals surface area contributed by atoms with Crippen LogP contribution >= 0.6 is 0 Å². The van der Waals surface area contributed by atoms with Gasteiger partial charge in [0.05, 0.1) is 5.70 Å². The van der Waals surface area contributed by atoms with Gasteiger partial charge in [-0.3, -0.25) is 4.99 Å². The Labute approximate surface area is 183 Å². The zero-order valence-electron chi connectivity index (χ0n) is 17.7. The van der Waals surface area contributed by atoms with Gasteiger partial charge in [-0.1, -0.05) is 48.5 Å². The molecule has 3 N–H and O–H groups in total. The van der Waals surface area contributed by atoms with Gasteiger partial charge >= 0.3 is 0 Å².